The average Bonchev–Trinajstić information content (AvgIpc) is 2.32. The van der Waals surface area contributed by atoms with E-state index in [2.05, 4.69) is 4.98 Å². The summed E-state index contributed by atoms with van der Waals surface area (Å²) in [6.07, 6.45) is -4.61. The lowest BCUT2D eigenvalue weighted by Gasteiger charge is -2.08. The Balaban J connectivity index is 2.74. The minimum Gasteiger partial charge on any atom is -0.480 e. The molecule has 0 unspecified atom stereocenters. The predicted molar refractivity (Wildman–Crippen MR) is 61.5 cm³/mol. The van der Waals surface area contributed by atoms with Crippen LogP contribution in [0.4, 0.5) is 13.2 Å². The van der Waals surface area contributed by atoms with Crippen molar-refractivity contribution < 1.29 is 23.1 Å². The number of aliphatic carboxylic acids is 1. The van der Waals surface area contributed by atoms with Gasteiger partial charge in [-0.25, -0.2) is 9.36 Å². The minimum atomic E-state index is -4.61. The van der Waals surface area contributed by atoms with Gasteiger partial charge in [0.2, 0.25) is 0 Å². The molecule has 0 amide bonds. The first-order valence-electron chi connectivity index (χ1n) is 5.26. The zero-order chi connectivity index (χ0) is 15.1. The Hall–Kier alpha value is -2.58. The molecule has 2 rings (SSSR count). The number of carboxylic acid groups (broad SMARTS) is 1. The van der Waals surface area contributed by atoms with E-state index in [0.717, 1.165) is 6.07 Å². The van der Waals surface area contributed by atoms with Crippen LogP contribution in [-0.4, -0.2) is 20.6 Å². The molecular weight excluding hydrogens is 281 g/mol. The van der Waals surface area contributed by atoms with Crippen LogP contribution in [0.25, 0.3) is 10.9 Å². The molecule has 1 heterocycles. The van der Waals surface area contributed by atoms with E-state index in [1.807, 2.05) is 0 Å². The van der Waals surface area contributed by atoms with E-state index < -0.39 is 35.5 Å². The van der Waals surface area contributed by atoms with Crippen LogP contribution in [0.2, 0.25) is 0 Å². The van der Waals surface area contributed by atoms with Gasteiger partial charge in [-0.15, -0.1) is 0 Å². The van der Waals surface area contributed by atoms with Gasteiger partial charge in [0.15, 0.2) is 0 Å². The van der Waals surface area contributed by atoms with Crippen molar-refractivity contribution in [3.05, 3.63) is 44.6 Å². The second-order valence-corrected chi connectivity index (χ2v) is 3.97. The topological polar surface area (TPSA) is 92.2 Å². The van der Waals surface area contributed by atoms with Gasteiger partial charge in [-0.3, -0.25) is 9.59 Å². The molecule has 1 aromatic heterocycles. The summed E-state index contributed by atoms with van der Waals surface area (Å²) in [5.74, 6) is -1.41. The van der Waals surface area contributed by atoms with Crippen molar-refractivity contribution in [1.29, 1.82) is 0 Å². The zero-order valence-corrected chi connectivity index (χ0v) is 9.69. The highest BCUT2D eigenvalue weighted by Crippen LogP contribution is 2.30. The molecule has 1 aromatic carbocycles. The second-order valence-electron chi connectivity index (χ2n) is 3.97. The largest absolute Gasteiger partial charge is 0.480 e. The number of nitrogens with zero attached hydrogens (tertiary/aromatic N) is 1. The van der Waals surface area contributed by atoms with Crippen molar-refractivity contribution in [1.82, 2.24) is 9.55 Å². The number of nitrogens with one attached hydrogen (secondary N) is 1. The lowest BCUT2D eigenvalue weighted by molar-refractivity contribution is -0.138. The fourth-order valence-corrected chi connectivity index (χ4v) is 1.71. The first-order chi connectivity index (χ1) is 9.20. The third kappa shape index (κ3) is 2.42. The first-order valence-corrected chi connectivity index (χ1v) is 5.26. The zero-order valence-electron chi connectivity index (χ0n) is 9.69. The van der Waals surface area contributed by atoms with Gasteiger partial charge in [0, 0.05) is 0 Å². The van der Waals surface area contributed by atoms with Crippen LogP contribution in [0, 0.1) is 0 Å². The molecule has 0 bridgehead atoms. The monoisotopic (exact) mass is 288 g/mol. The van der Waals surface area contributed by atoms with E-state index >= 15 is 0 Å². The molecule has 0 radical (unpaired) electrons. The number of rotatable bonds is 2. The Morgan fingerprint density at radius 2 is 1.95 bits per heavy atom. The van der Waals surface area contributed by atoms with Gasteiger partial charge in [0.1, 0.15) is 6.54 Å². The van der Waals surface area contributed by atoms with E-state index in [1.54, 1.807) is 0 Å². The van der Waals surface area contributed by atoms with Crippen molar-refractivity contribution >= 4 is 16.9 Å². The second kappa shape index (κ2) is 4.51. The number of hydrogen-bond donors (Lipinski definition) is 2. The number of aromatic amines is 1. The summed E-state index contributed by atoms with van der Waals surface area (Å²) in [6, 6.07) is 2.21. The van der Waals surface area contributed by atoms with Crippen molar-refractivity contribution in [2.24, 2.45) is 0 Å². The quantitative estimate of drug-likeness (QED) is 0.854. The third-order valence-corrected chi connectivity index (χ3v) is 2.60. The van der Waals surface area contributed by atoms with Gasteiger partial charge in [0.05, 0.1) is 16.5 Å². The predicted octanol–water partition coefficient (Wildman–Crippen LogP) is 0.793. The molecule has 0 aliphatic carbocycles. The van der Waals surface area contributed by atoms with E-state index in [4.69, 9.17) is 5.11 Å². The Morgan fingerprint density at radius 3 is 2.50 bits per heavy atom. The number of H-pyrrole nitrogens is 1. The van der Waals surface area contributed by atoms with Crippen LogP contribution >= 0.6 is 0 Å². The van der Waals surface area contributed by atoms with Crippen LogP contribution in [0.5, 0.6) is 0 Å². The SMILES string of the molecule is O=C(O)Cn1c(=O)[nH]c2cc(C(F)(F)F)ccc2c1=O. The summed E-state index contributed by atoms with van der Waals surface area (Å²) in [5.41, 5.74) is -3.35. The lowest BCUT2D eigenvalue weighted by atomic mass is 10.1. The van der Waals surface area contributed by atoms with Crippen molar-refractivity contribution in [2.45, 2.75) is 12.7 Å². The van der Waals surface area contributed by atoms with Gasteiger partial charge >= 0.3 is 17.8 Å². The Labute approximate surface area is 108 Å². The van der Waals surface area contributed by atoms with Gasteiger partial charge in [0.25, 0.3) is 5.56 Å². The maximum absolute atomic E-state index is 12.5. The molecule has 0 saturated carbocycles. The van der Waals surface area contributed by atoms with Gasteiger partial charge in [-0.1, -0.05) is 0 Å². The maximum atomic E-state index is 12.5. The first kappa shape index (κ1) is 13.8. The number of carbonyl (C=O) groups is 1. The van der Waals surface area contributed by atoms with Gasteiger partial charge in [-0.05, 0) is 18.2 Å². The summed E-state index contributed by atoms with van der Waals surface area (Å²) >= 11 is 0. The number of aromatic nitrogens is 2. The summed E-state index contributed by atoms with van der Waals surface area (Å²) in [7, 11) is 0. The van der Waals surface area contributed by atoms with E-state index in [9.17, 15) is 27.6 Å². The molecule has 106 valence electrons. The molecule has 2 N–H and O–H groups in total. The molecule has 0 fully saturated rings. The molecule has 0 atom stereocenters. The Morgan fingerprint density at radius 1 is 1.30 bits per heavy atom. The van der Waals surface area contributed by atoms with Crippen molar-refractivity contribution in [3.8, 4) is 0 Å². The van der Waals surface area contributed by atoms with E-state index in [-0.39, 0.29) is 10.9 Å². The van der Waals surface area contributed by atoms with Crippen LogP contribution < -0.4 is 11.2 Å². The Bertz CT molecular complexity index is 804. The van der Waals surface area contributed by atoms with Crippen LogP contribution in [0.1, 0.15) is 5.56 Å². The fourth-order valence-electron chi connectivity index (χ4n) is 1.71. The van der Waals surface area contributed by atoms with E-state index in [0.29, 0.717) is 16.7 Å². The molecule has 0 spiro atoms. The summed E-state index contributed by atoms with van der Waals surface area (Å²) in [6.45, 7) is -0.870. The molecule has 20 heavy (non-hydrogen) atoms. The smallest absolute Gasteiger partial charge is 0.416 e. The molecule has 0 aliphatic rings. The molecule has 2 aromatic rings. The normalized spacial score (nSPS) is 11.8. The minimum absolute atomic E-state index is 0.196. The lowest BCUT2D eigenvalue weighted by Crippen LogP contribution is -2.37. The molecule has 0 aliphatic heterocycles. The maximum Gasteiger partial charge on any atom is 0.416 e. The number of fused-ring (bicyclic) bond motifs is 1. The highest BCUT2D eigenvalue weighted by Gasteiger charge is 2.30. The van der Waals surface area contributed by atoms with Gasteiger partial charge in [-0.2, -0.15) is 13.2 Å². The van der Waals surface area contributed by atoms with E-state index in [1.165, 1.54) is 0 Å². The molecule has 0 saturated heterocycles. The summed E-state index contributed by atoms with van der Waals surface area (Å²) in [4.78, 5) is 36.0. The van der Waals surface area contributed by atoms with Crippen LogP contribution in [0.15, 0.2) is 27.8 Å². The number of carboxylic acids is 1. The summed E-state index contributed by atoms with van der Waals surface area (Å²) in [5, 5.41) is 8.38. The standard InChI is InChI=1S/C11H7F3N2O4/c12-11(13,14)5-1-2-6-7(3-5)15-10(20)16(9(6)19)4-8(17)18/h1-3H,4H2,(H,15,20)(H,17,18). The number of alkyl halides is 3. The van der Waals surface area contributed by atoms with Crippen LogP contribution in [0.3, 0.4) is 0 Å². The highest BCUT2D eigenvalue weighted by atomic mass is 19.4. The highest BCUT2D eigenvalue weighted by molar-refractivity contribution is 5.78. The summed E-state index contributed by atoms with van der Waals surface area (Å²) < 4.78 is 37.9. The van der Waals surface area contributed by atoms with Crippen LogP contribution in [-0.2, 0) is 17.5 Å². The Kier molecular flexibility index (Phi) is 3.12. The number of hydrogen-bond acceptors (Lipinski definition) is 3. The fraction of sp³-hybridized carbons (Fsp3) is 0.182. The van der Waals surface area contributed by atoms with Crippen molar-refractivity contribution in [2.75, 3.05) is 0 Å². The number of benzene rings is 1. The molecular formula is C11H7F3N2O4. The molecule has 6 nitrogen and oxygen atoms in total. The van der Waals surface area contributed by atoms with Gasteiger partial charge < -0.3 is 10.1 Å². The third-order valence-electron chi connectivity index (χ3n) is 2.60. The van der Waals surface area contributed by atoms with Crippen molar-refractivity contribution in [3.63, 3.8) is 0 Å². The molecule has 9 heteroatoms. The average molecular weight is 288 g/mol. The number of halogens is 3.